The molecule has 0 saturated carbocycles. The van der Waals surface area contributed by atoms with Gasteiger partial charge in [0.15, 0.2) is 0 Å². The van der Waals surface area contributed by atoms with Gasteiger partial charge in [0.2, 0.25) is 0 Å². The molecule has 0 unspecified atom stereocenters. The Hall–Kier alpha value is -0.0800. The second-order valence-corrected chi connectivity index (χ2v) is 3.01. The average Bonchev–Trinajstić information content (AvgIpc) is 2.33. The third-order valence-electron chi connectivity index (χ3n) is 2.13. The quantitative estimate of drug-likeness (QED) is 0.757. The van der Waals surface area contributed by atoms with Crippen LogP contribution in [0, 0.1) is 0 Å². The average molecular weight is 202 g/mol. The Morgan fingerprint density at radius 1 is 0.929 bits per heavy atom. The standard InChI is InChI=1S/C8H18N2.2C2H6/c1-9-5-8-10-6-3-2-4-7-10;2*1-2/h9H,2-8H2,1H3;2*1-2H3. The lowest BCUT2D eigenvalue weighted by atomic mass is 10.1. The van der Waals surface area contributed by atoms with Crippen LogP contribution in [-0.2, 0) is 0 Å². The van der Waals surface area contributed by atoms with Crippen LogP contribution in [0.5, 0.6) is 0 Å². The first-order chi connectivity index (χ1) is 6.93. The molecule has 88 valence electrons. The van der Waals surface area contributed by atoms with E-state index in [-0.39, 0.29) is 0 Å². The molecule has 1 aliphatic heterocycles. The lowest BCUT2D eigenvalue weighted by Crippen LogP contribution is -2.34. The van der Waals surface area contributed by atoms with Gasteiger partial charge in [-0.1, -0.05) is 34.1 Å². The molecule has 2 heteroatoms. The zero-order valence-electron chi connectivity index (χ0n) is 10.9. The van der Waals surface area contributed by atoms with Crippen molar-refractivity contribution in [2.75, 3.05) is 33.2 Å². The molecule has 2 nitrogen and oxygen atoms in total. The van der Waals surface area contributed by atoms with E-state index in [1.165, 1.54) is 38.9 Å². The Morgan fingerprint density at radius 3 is 1.86 bits per heavy atom. The molecule has 0 amide bonds. The van der Waals surface area contributed by atoms with Crippen LogP contribution in [-0.4, -0.2) is 38.1 Å². The Kier molecular flexibility index (Phi) is 18.0. The predicted molar refractivity (Wildman–Crippen MR) is 66.9 cm³/mol. The summed E-state index contributed by atoms with van der Waals surface area (Å²) in [6.45, 7) is 13.0. The molecule has 1 fully saturated rings. The van der Waals surface area contributed by atoms with Crippen LogP contribution >= 0.6 is 0 Å². The molecule has 1 saturated heterocycles. The monoisotopic (exact) mass is 202 g/mol. The van der Waals surface area contributed by atoms with E-state index in [1.807, 2.05) is 34.7 Å². The van der Waals surface area contributed by atoms with Crippen molar-refractivity contribution in [1.29, 1.82) is 0 Å². The summed E-state index contributed by atoms with van der Waals surface area (Å²) in [7, 11) is 2.02. The maximum Gasteiger partial charge on any atom is 0.0107 e. The fourth-order valence-corrected chi connectivity index (χ4v) is 1.45. The summed E-state index contributed by atoms with van der Waals surface area (Å²) >= 11 is 0. The largest absolute Gasteiger partial charge is 0.318 e. The normalized spacial score (nSPS) is 16.1. The zero-order chi connectivity index (χ0) is 11.2. The van der Waals surface area contributed by atoms with Crippen LogP contribution in [0.1, 0.15) is 47.0 Å². The van der Waals surface area contributed by atoms with Crippen molar-refractivity contribution in [1.82, 2.24) is 10.2 Å². The van der Waals surface area contributed by atoms with Gasteiger partial charge < -0.3 is 10.2 Å². The summed E-state index contributed by atoms with van der Waals surface area (Å²) in [5, 5.41) is 3.17. The summed E-state index contributed by atoms with van der Waals surface area (Å²) in [6, 6.07) is 0. The Labute approximate surface area is 91.1 Å². The van der Waals surface area contributed by atoms with Gasteiger partial charge in [-0.25, -0.2) is 0 Å². The van der Waals surface area contributed by atoms with Gasteiger partial charge in [0, 0.05) is 13.1 Å². The van der Waals surface area contributed by atoms with E-state index in [9.17, 15) is 0 Å². The highest BCUT2D eigenvalue weighted by atomic mass is 15.1. The zero-order valence-corrected chi connectivity index (χ0v) is 10.9. The summed E-state index contributed by atoms with van der Waals surface area (Å²) in [6.07, 6.45) is 4.25. The molecule has 14 heavy (non-hydrogen) atoms. The minimum Gasteiger partial charge on any atom is -0.318 e. The van der Waals surface area contributed by atoms with Gasteiger partial charge in [0.1, 0.15) is 0 Å². The molecule has 1 aliphatic rings. The SMILES string of the molecule is CC.CC.CNCCN1CCCCC1. The smallest absolute Gasteiger partial charge is 0.0107 e. The molecule has 0 radical (unpaired) electrons. The molecule has 0 aromatic heterocycles. The van der Waals surface area contributed by atoms with Gasteiger partial charge in [-0.2, -0.15) is 0 Å². The molecule has 0 aliphatic carbocycles. The second kappa shape index (κ2) is 15.4. The van der Waals surface area contributed by atoms with Gasteiger partial charge in [-0.05, 0) is 33.0 Å². The van der Waals surface area contributed by atoms with Crippen molar-refractivity contribution >= 4 is 0 Å². The summed E-state index contributed by atoms with van der Waals surface area (Å²) in [5.41, 5.74) is 0. The molecule has 0 atom stereocenters. The molecular formula is C12H30N2. The van der Waals surface area contributed by atoms with E-state index in [0.717, 1.165) is 6.54 Å². The molecule has 0 aromatic carbocycles. The fourth-order valence-electron chi connectivity index (χ4n) is 1.45. The predicted octanol–water partition coefficient (Wildman–Crippen LogP) is 2.74. The molecule has 0 aromatic rings. The number of nitrogens with zero attached hydrogens (tertiary/aromatic N) is 1. The van der Waals surface area contributed by atoms with E-state index >= 15 is 0 Å². The molecular weight excluding hydrogens is 172 g/mol. The van der Waals surface area contributed by atoms with E-state index < -0.39 is 0 Å². The van der Waals surface area contributed by atoms with Gasteiger partial charge in [0.05, 0.1) is 0 Å². The van der Waals surface area contributed by atoms with Crippen molar-refractivity contribution in [3.63, 3.8) is 0 Å². The summed E-state index contributed by atoms with van der Waals surface area (Å²) in [4.78, 5) is 2.54. The topological polar surface area (TPSA) is 15.3 Å². The van der Waals surface area contributed by atoms with Crippen molar-refractivity contribution < 1.29 is 0 Å². The van der Waals surface area contributed by atoms with Crippen molar-refractivity contribution in [3.8, 4) is 0 Å². The highest BCUT2D eigenvalue weighted by Gasteiger charge is 2.07. The molecule has 1 heterocycles. The third kappa shape index (κ3) is 10.0. The van der Waals surface area contributed by atoms with Crippen molar-refractivity contribution in [2.45, 2.75) is 47.0 Å². The fraction of sp³-hybridized carbons (Fsp3) is 1.00. The number of nitrogens with one attached hydrogen (secondary N) is 1. The first kappa shape index (κ1) is 16.4. The maximum atomic E-state index is 3.17. The van der Waals surface area contributed by atoms with Gasteiger partial charge >= 0.3 is 0 Å². The van der Waals surface area contributed by atoms with Crippen molar-refractivity contribution in [2.24, 2.45) is 0 Å². The highest BCUT2D eigenvalue weighted by molar-refractivity contribution is 4.64. The van der Waals surface area contributed by atoms with Gasteiger partial charge in [-0.15, -0.1) is 0 Å². The third-order valence-corrected chi connectivity index (χ3v) is 2.13. The maximum absolute atomic E-state index is 3.17. The number of piperidine rings is 1. The van der Waals surface area contributed by atoms with Crippen LogP contribution in [0.2, 0.25) is 0 Å². The van der Waals surface area contributed by atoms with Crippen LogP contribution in [0.4, 0.5) is 0 Å². The summed E-state index contributed by atoms with van der Waals surface area (Å²) in [5.74, 6) is 0. The molecule has 0 bridgehead atoms. The van der Waals surface area contributed by atoms with E-state index in [2.05, 4.69) is 10.2 Å². The number of hydrogen-bond donors (Lipinski definition) is 1. The minimum atomic E-state index is 1.14. The Balaban J connectivity index is 0. The van der Waals surface area contributed by atoms with Crippen molar-refractivity contribution in [3.05, 3.63) is 0 Å². The minimum absolute atomic E-state index is 1.14. The molecule has 0 spiro atoms. The molecule has 1 rings (SSSR count). The van der Waals surface area contributed by atoms with E-state index in [4.69, 9.17) is 0 Å². The van der Waals surface area contributed by atoms with Crippen LogP contribution in [0.3, 0.4) is 0 Å². The van der Waals surface area contributed by atoms with Gasteiger partial charge in [0.25, 0.3) is 0 Å². The lowest BCUT2D eigenvalue weighted by Gasteiger charge is -2.25. The number of likely N-dealkylation sites (tertiary alicyclic amines) is 1. The first-order valence-electron chi connectivity index (χ1n) is 6.30. The van der Waals surface area contributed by atoms with E-state index in [0.29, 0.717) is 0 Å². The number of hydrogen-bond acceptors (Lipinski definition) is 2. The number of rotatable bonds is 3. The Morgan fingerprint density at radius 2 is 1.43 bits per heavy atom. The molecule has 1 N–H and O–H groups in total. The van der Waals surface area contributed by atoms with Crippen LogP contribution < -0.4 is 5.32 Å². The van der Waals surface area contributed by atoms with Crippen LogP contribution in [0.15, 0.2) is 0 Å². The lowest BCUT2D eigenvalue weighted by molar-refractivity contribution is 0.231. The Bertz CT molecular complexity index is 78.4. The number of likely N-dealkylation sites (N-methyl/N-ethyl adjacent to an activating group) is 1. The summed E-state index contributed by atoms with van der Waals surface area (Å²) < 4.78 is 0. The van der Waals surface area contributed by atoms with Crippen LogP contribution in [0.25, 0.3) is 0 Å². The van der Waals surface area contributed by atoms with Gasteiger partial charge in [-0.3, -0.25) is 0 Å². The first-order valence-corrected chi connectivity index (χ1v) is 6.30. The highest BCUT2D eigenvalue weighted by Crippen LogP contribution is 2.06. The second-order valence-electron chi connectivity index (χ2n) is 3.01. The van der Waals surface area contributed by atoms with E-state index in [1.54, 1.807) is 0 Å².